The van der Waals surface area contributed by atoms with Gasteiger partial charge in [-0.15, -0.1) is 17.0 Å². The van der Waals surface area contributed by atoms with Gasteiger partial charge >= 0.3 is 0 Å². The van der Waals surface area contributed by atoms with Gasteiger partial charge in [-0.25, -0.2) is 0 Å². The number of aromatic hydroxyl groups is 1. The summed E-state index contributed by atoms with van der Waals surface area (Å²) in [6.07, 6.45) is 0. The summed E-state index contributed by atoms with van der Waals surface area (Å²) in [4.78, 5) is 0. The van der Waals surface area contributed by atoms with E-state index in [0.29, 0.717) is 6.61 Å². The predicted octanol–water partition coefficient (Wildman–Crippen LogP) is 1.77. The van der Waals surface area contributed by atoms with E-state index >= 15 is 0 Å². The van der Waals surface area contributed by atoms with Crippen molar-refractivity contribution in [3.8, 4) is 11.5 Å². The number of fused-ring (bicyclic) bond motifs is 1. The zero-order valence-corrected chi connectivity index (χ0v) is 8.12. The largest absolute Gasteiger partial charge is 0.508 e. The highest BCUT2D eigenvalue weighted by Crippen LogP contribution is 2.30. The smallest absolute Gasteiger partial charge is 0.142 e. The van der Waals surface area contributed by atoms with Gasteiger partial charge in [0.1, 0.15) is 18.1 Å². The Morgan fingerprint density at radius 3 is 3.08 bits per heavy atom. The van der Waals surface area contributed by atoms with Gasteiger partial charge in [-0.3, -0.25) is 0 Å². The lowest BCUT2D eigenvalue weighted by Gasteiger charge is -2.18. The van der Waals surface area contributed by atoms with E-state index in [0.717, 1.165) is 18.0 Å². The number of ether oxygens (including phenoxy) is 1. The third-order valence-corrected chi connectivity index (χ3v) is 1.64. The summed E-state index contributed by atoms with van der Waals surface area (Å²) in [5, 5.41) is 12.2. The maximum absolute atomic E-state index is 9.09. The van der Waals surface area contributed by atoms with Gasteiger partial charge in [0, 0.05) is 12.6 Å². The van der Waals surface area contributed by atoms with Crippen molar-refractivity contribution < 1.29 is 9.84 Å². The fraction of sp³-hybridized carbons (Fsp3) is 0.250. The number of anilines is 1. The molecule has 2 rings (SSSR count). The van der Waals surface area contributed by atoms with Crippen LogP contribution in [0.1, 0.15) is 0 Å². The molecule has 0 aromatic heterocycles. The summed E-state index contributed by atoms with van der Waals surface area (Å²) in [6.45, 7) is 1.49. The molecule has 0 atom stereocenters. The van der Waals surface area contributed by atoms with Gasteiger partial charge in [0.15, 0.2) is 0 Å². The number of phenols is 1. The van der Waals surface area contributed by atoms with Gasteiger partial charge in [0.05, 0.1) is 5.69 Å². The Morgan fingerprint density at radius 1 is 1.42 bits per heavy atom. The molecule has 1 heterocycles. The average Bonchev–Trinajstić information content (AvgIpc) is 2.04. The van der Waals surface area contributed by atoms with Gasteiger partial charge in [0.25, 0.3) is 0 Å². The van der Waals surface area contributed by atoms with Gasteiger partial charge in [-0.2, -0.15) is 0 Å². The number of halogens is 1. The minimum atomic E-state index is 0. The van der Waals surface area contributed by atoms with E-state index in [-0.39, 0.29) is 22.7 Å². The van der Waals surface area contributed by atoms with Crippen LogP contribution < -0.4 is 10.1 Å². The number of phenolic OH excluding ortho intramolecular Hbond substituents is 1. The molecule has 0 saturated heterocycles. The molecule has 0 saturated carbocycles. The van der Waals surface area contributed by atoms with E-state index in [1.54, 1.807) is 18.2 Å². The molecule has 0 amide bonds. The molecule has 12 heavy (non-hydrogen) atoms. The summed E-state index contributed by atoms with van der Waals surface area (Å²) < 4.78 is 5.30. The highest BCUT2D eigenvalue weighted by atomic mass is 79.9. The normalized spacial score (nSPS) is 13.3. The van der Waals surface area contributed by atoms with E-state index < -0.39 is 0 Å². The first-order valence-electron chi connectivity index (χ1n) is 3.56. The van der Waals surface area contributed by atoms with Crippen molar-refractivity contribution in [3.63, 3.8) is 0 Å². The number of hydrogen-bond donors (Lipinski definition) is 2. The van der Waals surface area contributed by atoms with Crippen LogP contribution in [0.5, 0.6) is 11.5 Å². The lowest BCUT2D eigenvalue weighted by atomic mass is 10.2. The second kappa shape index (κ2) is 3.67. The molecule has 0 unspecified atom stereocenters. The fourth-order valence-electron chi connectivity index (χ4n) is 1.13. The lowest BCUT2D eigenvalue weighted by molar-refractivity contribution is 0.322. The Hall–Kier alpha value is -0.900. The quantitative estimate of drug-likeness (QED) is 0.716. The van der Waals surface area contributed by atoms with Crippen molar-refractivity contribution in [2.75, 3.05) is 18.5 Å². The summed E-state index contributed by atoms with van der Waals surface area (Å²) in [7, 11) is 0. The predicted molar refractivity (Wildman–Crippen MR) is 52.4 cm³/mol. The molecule has 0 aliphatic carbocycles. The molecule has 3 nitrogen and oxygen atoms in total. The first kappa shape index (κ1) is 9.19. The molecule has 0 fully saturated rings. The molecular formula is C8H10BrNO2. The first-order chi connectivity index (χ1) is 5.36. The van der Waals surface area contributed by atoms with E-state index in [9.17, 15) is 0 Å². The lowest BCUT2D eigenvalue weighted by Crippen LogP contribution is -2.17. The summed E-state index contributed by atoms with van der Waals surface area (Å²) in [5.74, 6) is 1.08. The molecule has 0 radical (unpaired) electrons. The zero-order chi connectivity index (χ0) is 7.68. The number of hydrogen-bond acceptors (Lipinski definition) is 3. The van der Waals surface area contributed by atoms with Crippen LogP contribution in [-0.4, -0.2) is 18.3 Å². The number of rotatable bonds is 0. The van der Waals surface area contributed by atoms with Crippen LogP contribution >= 0.6 is 17.0 Å². The van der Waals surface area contributed by atoms with E-state index in [2.05, 4.69) is 5.32 Å². The van der Waals surface area contributed by atoms with Crippen LogP contribution in [0.25, 0.3) is 0 Å². The van der Waals surface area contributed by atoms with Crippen LogP contribution in [0.4, 0.5) is 5.69 Å². The Balaban J connectivity index is 0.000000720. The number of benzene rings is 1. The second-order valence-electron chi connectivity index (χ2n) is 2.46. The van der Waals surface area contributed by atoms with Crippen molar-refractivity contribution in [1.82, 2.24) is 0 Å². The van der Waals surface area contributed by atoms with Crippen molar-refractivity contribution >= 4 is 22.7 Å². The molecule has 2 N–H and O–H groups in total. The van der Waals surface area contributed by atoms with E-state index in [4.69, 9.17) is 9.84 Å². The summed E-state index contributed by atoms with van der Waals surface area (Å²) in [6, 6.07) is 5.04. The minimum Gasteiger partial charge on any atom is -0.508 e. The maximum Gasteiger partial charge on any atom is 0.142 e. The van der Waals surface area contributed by atoms with Gasteiger partial charge in [0.2, 0.25) is 0 Å². The van der Waals surface area contributed by atoms with Crippen molar-refractivity contribution in [2.24, 2.45) is 0 Å². The molecule has 1 aliphatic rings. The van der Waals surface area contributed by atoms with Crippen molar-refractivity contribution in [3.05, 3.63) is 18.2 Å². The highest BCUT2D eigenvalue weighted by Gasteiger charge is 2.08. The zero-order valence-electron chi connectivity index (χ0n) is 6.41. The Labute approximate surface area is 81.1 Å². The van der Waals surface area contributed by atoms with E-state index in [1.165, 1.54) is 0 Å². The Bertz CT molecular complexity index is 278. The van der Waals surface area contributed by atoms with Crippen molar-refractivity contribution in [2.45, 2.75) is 0 Å². The molecule has 4 heteroatoms. The Morgan fingerprint density at radius 2 is 2.25 bits per heavy atom. The van der Waals surface area contributed by atoms with Gasteiger partial charge in [-0.05, 0) is 12.1 Å². The second-order valence-corrected chi connectivity index (χ2v) is 2.46. The van der Waals surface area contributed by atoms with Crippen LogP contribution in [-0.2, 0) is 0 Å². The summed E-state index contributed by atoms with van der Waals surface area (Å²) in [5.41, 5.74) is 0.872. The summed E-state index contributed by atoms with van der Waals surface area (Å²) >= 11 is 0. The molecule has 0 spiro atoms. The SMILES string of the molecule is Br.Oc1ccc2c(c1)NCCO2. The molecule has 1 aromatic carbocycles. The monoisotopic (exact) mass is 231 g/mol. The third kappa shape index (κ3) is 1.64. The van der Waals surface area contributed by atoms with Gasteiger partial charge < -0.3 is 15.2 Å². The first-order valence-corrected chi connectivity index (χ1v) is 3.56. The maximum atomic E-state index is 9.09. The third-order valence-electron chi connectivity index (χ3n) is 1.64. The van der Waals surface area contributed by atoms with Gasteiger partial charge in [-0.1, -0.05) is 0 Å². The van der Waals surface area contributed by atoms with Crippen LogP contribution in [0, 0.1) is 0 Å². The standard InChI is InChI=1S/C8H9NO2.BrH/c10-6-1-2-8-7(5-6)9-3-4-11-8;/h1-2,5,9-10H,3-4H2;1H. The minimum absolute atomic E-state index is 0. The van der Waals surface area contributed by atoms with E-state index in [1.807, 2.05) is 0 Å². The fourth-order valence-corrected chi connectivity index (χ4v) is 1.13. The van der Waals surface area contributed by atoms with Crippen LogP contribution in [0.2, 0.25) is 0 Å². The molecule has 1 aromatic rings. The highest BCUT2D eigenvalue weighted by molar-refractivity contribution is 8.93. The molecule has 66 valence electrons. The van der Waals surface area contributed by atoms with Crippen LogP contribution in [0.3, 0.4) is 0 Å². The van der Waals surface area contributed by atoms with Crippen LogP contribution in [0.15, 0.2) is 18.2 Å². The average molecular weight is 232 g/mol. The molecular weight excluding hydrogens is 222 g/mol. The number of nitrogens with one attached hydrogen (secondary N) is 1. The molecule has 0 bridgehead atoms. The Kier molecular flexibility index (Phi) is 2.81. The van der Waals surface area contributed by atoms with Crippen molar-refractivity contribution in [1.29, 1.82) is 0 Å². The topological polar surface area (TPSA) is 41.5 Å². The molecule has 1 aliphatic heterocycles.